The van der Waals surface area contributed by atoms with Crippen LogP contribution in [0.4, 0.5) is 18.7 Å². The second-order valence-corrected chi connectivity index (χ2v) is 11.9. The van der Waals surface area contributed by atoms with Crippen LogP contribution < -0.4 is 9.64 Å². The fraction of sp³-hybridized carbons (Fsp3) is 0.542. The van der Waals surface area contributed by atoms with Gasteiger partial charge in [0.05, 0.1) is 22.3 Å². The average molecular weight is 539 g/mol. The lowest BCUT2D eigenvalue weighted by molar-refractivity contribution is -0.200. The Hall–Kier alpha value is -2.57. The minimum absolute atomic E-state index is 0.0211. The van der Waals surface area contributed by atoms with Gasteiger partial charge in [0.25, 0.3) is 0 Å². The predicted molar refractivity (Wildman–Crippen MR) is 135 cm³/mol. The number of aliphatic hydroxyl groups excluding tert-OH is 1. The number of aromatic nitrogens is 2. The zero-order chi connectivity index (χ0) is 25.7. The molecule has 2 aliphatic rings. The van der Waals surface area contributed by atoms with Crippen molar-refractivity contribution in [1.29, 1.82) is 0 Å². The maximum absolute atomic E-state index is 13.9. The number of carbonyl (C=O) groups is 1. The van der Waals surface area contributed by atoms with E-state index in [1.807, 2.05) is 31.1 Å². The number of nitrogens with zero attached hydrogens (tertiary/aromatic N) is 4. The molecule has 36 heavy (non-hydrogen) atoms. The van der Waals surface area contributed by atoms with Crippen LogP contribution in [0.5, 0.6) is 5.75 Å². The van der Waals surface area contributed by atoms with Gasteiger partial charge in [0.2, 0.25) is 0 Å². The molecule has 2 bridgehead atoms. The van der Waals surface area contributed by atoms with Crippen LogP contribution in [0, 0.1) is 0 Å². The molecule has 12 heteroatoms. The summed E-state index contributed by atoms with van der Waals surface area (Å²) >= 11 is 2.70. The Bertz CT molecular complexity index is 1230. The lowest BCUT2D eigenvalue weighted by atomic mass is 9.92. The molecule has 2 unspecified atom stereocenters. The van der Waals surface area contributed by atoms with Crippen molar-refractivity contribution in [3.63, 3.8) is 0 Å². The number of ether oxygens (including phenoxy) is 2. The number of thiazole rings is 2. The van der Waals surface area contributed by atoms with Crippen molar-refractivity contribution in [3.8, 4) is 16.3 Å². The average Bonchev–Trinajstić information content (AvgIpc) is 3.48. The fourth-order valence-corrected chi connectivity index (χ4v) is 6.51. The van der Waals surface area contributed by atoms with Crippen molar-refractivity contribution < 1.29 is 28.2 Å². The van der Waals surface area contributed by atoms with Crippen LogP contribution in [0.15, 0.2) is 23.7 Å². The first kappa shape index (κ1) is 25.1. The van der Waals surface area contributed by atoms with E-state index in [0.29, 0.717) is 28.4 Å². The first-order chi connectivity index (χ1) is 17.0. The molecule has 194 valence electrons. The first-order valence-electron chi connectivity index (χ1n) is 11.8. The highest BCUT2D eigenvalue weighted by molar-refractivity contribution is 7.22. The Balaban J connectivity index is 1.49. The first-order valence-corrected chi connectivity index (χ1v) is 13.5. The molecule has 2 aromatic heterocycles. The van der Waals surface area contributed by atoms with Gasteiger partial charge in [-0.25, -0.2) is 14.8 Å². The second-order valence-electron chi connectivity index (χ2n) is 10.1. The maximum atomic E-state index is 13.9. The third-order valence-electron chi connectivity index (χ3n) is 6.20. The quantitative estimate of drug-likeness (QED) is 0.468. The molecule has 1 amide bonds. The van der Waals surface area contributed by atoms with E-state index in [0.717, 1.165) is 29.8 Å². The Labute approximate surface area is 215 Å². The summed E-state index contributed by atoms with van der Waals surface area (Å²) in [5.41, 5.74) is 0.681. The van der Waals surface area contributed by atoms with Crippen molar-refractivity contribution in [2.45, 2.75) is 63.8 Å². The molecule has 2 saturated heterocycles. The van der Waals surface area contributed by atoms with E-state index in [9.17, 15) is 13.6 Å². The van der Waals surface area contributed by atoms with Crippen molar-refractivity contribution >= 4 is 44.1 Å². The summed E-state index contributed by atoms with van der Waals surface area (Å²) in [5.74, 6) is -0.0410. The van der Waals surface area contributed by atoms with E-state index < -0.39 is 18.3 Å². The zero-order valence-electron chi connectivity index (χ0n) is 20.2. The highest BCUT2D eigenvalue weighted by Crippen LogP contribution is 2.43. The molecule has 5 rings (SSSR count). The minimum Gasteiger partial charge on any atom is -0.444 e. The van der Waals surface area contributed by atoms with Gasteiger partial charge in [-0.3, -0.25) is 4.90 Å². The van der Waals surface area contributed by atoms with Gasteiger partial charge in [-0.2, -0.15) is 8.78 Å². The molecule has 0 saturated carbocycles. The van der Waals surface area contributed by atoms with Crippen LogP contribution in [0.1, 0.15) is 40.0 Å². The van der Waals surface area contributed by atoms with E-state index in [1.54, 1.807) is 12.3 Å². The van der Waals surface area contributed by atoms with Gasteiger partial charge in [-0.1, -0.05) is 11.3 Å². The summed E-state index contributed by atoms with van der Waals surface area (Å²) in [4.78, 5) is 26.2. The molecule has 0 aliphatic carbocycles. The highest BCUT2D eigenvalue weighted by Gasteiger charge is 2.43. The third kappa shape index (κ3) is 4.98. The number of halogens is 2. The number of aliphatic hydroxyl groups is 1. The smallest absolute Gasteiger partial charge is 0.421 e. The van der Waals surface area contributed by atoms with Crippen molar-refractivity contribution in [2.24, 2.45) is 0 Å². The number of hydrogen-bond acceptors (Lipinski definition) is 9. The van der Waals surface area contributed by atoms with Crippen molar-refractivity contribution in [3.05, 3.63) is 23.7 Å². The number of piperidine rings is 1. The van der Waals surface area contributed by atoms with E-state index in [4.69, 9.17) is 19.6 Å². The monoisotopic (exact) mass is 538 g/mol. The lowest BCUT2D eigenvalue weighted by Gasteiger charge is -2.49. The number of fused-ring (bicyclic) bond motifs is 3. The van der Waals surface area contributed by atoms with Gasteiger partial charge in [-0.05, 0) is 52.2 Å². The van der Waals surface area contributed by atoms with Crippen molar-refractivity contribution in [1.82, 2.24) is 14.9 Å². The van der Waals surface area contributed by atoms with E-state index >= 15 is 0 Å². The fourth-order valence-electron chi connectivity index (χ4n) is 4.79. The van der Waals surface area contributed by atoms with E-state index in [-0.39, 0.29) is 23.9 Å². The maximum Gasteiger partial charge on any atom is 0.421 e. The SMILES string of the molecule is CC(C)(C)OC(=O)N1C2CCCC1CN(c1nc3c(-c4nccs4)ccc(OC(F)(F)CO)c3s1)C2. The second kappa shape index (κ2) is 9.38. The Morgan fingerprint density at radius 2 is 1.94 bits per heavy atom. The molecular weight excluding hydrogens is 510 g/mol. The molecule has 0 spiro atoms. The number of piperazine rings is 1. The molecule has 2 aliphatic heterocycles. The molecule has 1 aromatic carbocycles. The summed E-state index contributed by atoms with van der Waals surface area (Å²) in [6.07, 6.45) is 0.423. The van der Waals surface area contributed by atoms with Gasteiger partial charge in [0, 0.05) is 30.2 Å². The molecule has 1 N–H and O–H groups in total. The number of amides is 1. The van der Waals surface area contributed by atoms with Gasteiger partial charge in [0.1, 0.15) is 23.0 Å². The number of alkyl halides is 2. The largest absolute Gasteiger partial charge is 0.444 e. The normalized spacial score (nSPS) is 20.6. The molecule has 2 fully saturated rings. The van der Waals surface area contributed by atoms with Gasteiger partial charge in [-0.15, -0.1) is 11.3 Å². The zero-order valence-corrected chi connectivity index (χ0v) is 21.9. The van der Waals surface area contributed by atoms with Gasteiger partial charge < -0.3 is 19.5 Å². The summed E-state index contributed by atoms with van der Waals surface area (Å²) < 4.78 is 38.9. The number of anilines is 1. The molecule has 2 atom stereocenters. The minimum atomic E-state index is -3.71. The van der Waals surface area contributed by atoms with Crippen LogP contribution in [0.2, 0.25) is 0 Å². The molecule has 0 radical (unpaired) electrons. The topological polar surface area (TPSA) is 88.0 Å². The Morgan fingerprint density at radius 1 is 1.22 bits per heavy atom. The van der Waals surface area contributed by atoms with Crippen LogP contribution in [-0.2, 0) is 4.74 Å². The molecule has 3 aromatic rings. The van der Waals surface area contributed by atoms with E-state index in [1.165, 1.54) is 28.7 Å². The highest BCUT2D eigenvalue weighted by atomic mass is 32.1. The number of hydrogen-bond donors (Lipinski definition) is 1. The number of carbonyl (C=O) groups excluding carboxylic acids is 1. The Kier molecular flexibility index (Phi) is 6.54. The van der Waals surface area contributed by atoms with Gasteiger partial charge >= 0.3 is 12.2 Å². The summed E-state index contributed by atoms with van der Waals surface area (Å²) in [7, 11) is 0. The van der Waals surface area contributed by atoms with Crippen LogP contribution in [-0.4, -0.2) is 69.6 Å². The number of rotatable bonds is 5. The number of benzene rings is 1. The third-order valence-corrected chi connectivity index (χ3v) is 8.14. The summed E-state index contributed by atoms with van der Waals surface area (Å²) in [6, 6.07) is 3.10. The van der Waals surface area contributed by atoms with Gasteiger partial charge in [0.15, 0.2) is 5.13 Å². The summed E-state index contributed by atoms with van der Waals surface area (Å²) in [5, 5.41) is 12.3. The van der Waals surface area contributed by atoms with Crippen LogP contribution in [0.3, 0.4) is 0 Å². The van der Waals surface area contributed by atoms with Crippen molar-refractivity contribution in [2.75, 3.05) is 24.6 Å². The van der Waals surface area contributed by atoms with E-state index in [2.05, 4.69) is 9.88 Å². The lowest BCUT2D eigenvalue weighted by Crippen LogP contribution is -2.63. The van der Waals surface area contributed by atoms with Crippen LogP contribution >= 0.6 is 22.7 Å². The molecular formula is C24H28F2N4O4S2. The predicted octanol–water partition coefficient (Wildman–Crippen LogP) is 5.36. The standard InChI is InChI=1S/C24H28F2N4O4S2/c1-23(2,3)34-22(32)30-14-5-4-6-15(30)12-29(11-14)21-28-18-16(20-27-9-10-35-20)7-8-17(19(18)36-21)33-24(25,26)13-31/h7-10,14-15,31H,4-6,11-13H2,1-3H3. The molecule has 8 nitrogen and oxygen atoms in total. The van der Waals surface area contributed by atoms with Crippen LogP contribution in [0.25, 0.3) is 20.8 Å². The molecule has 4 heterocycles. The Morgan fingerprint density at radius 3 is 2.56 bits per heavy atom. The summed E-state index contributed by atoms with van der Waals surface area (Å²) in [6.45, 7) is 5.30.